The number of amides is 2. The van der Waals surface area contributed by atoms with Crippen molar-refractivity contribution in [2.75, 3.05) is 21.3 Å². The van der Waals surface area contributed by atoms with Gasteiger partial charge in [0.15, 0.2) is 0 Å². The summed E-state index contributed by atoms with van der Waals surface area (Å²) in [7, 11) is 4.53. The molecule has 3 aromatic rings. The molecule has 31 heavy (non-hydrogen) atoms. The van der Waals surface area contributed by atoms with E-state index in [0.29, 0.717) is 11.3 Å². The minimum Gasteiger partial charge on any atom is -0.496 e. The quantitative estimate of drug-likeness (QED) is 0.587. The van der Waals surface area contributed by atoms with Crippen LogP contribution in [0.5, 0.6) is 5.75 Å². The lowest BCUT2D eigenvalue weighted by Crippen LogP contribution is -2.38. The number of carbonyl (C=O) groups excluding carboxylic acids is 2. The summed E-state index contributed by atoms with van der Waals surface area (Å²) in [6.45, 7) is 2.21. The van der Waals surface area contributed by atoms with Crippen molar-refractivity contribution in [1.29, 1.82) is 0 Å². The highest BCUT2D eigenvalue weighted by Crippen LogP contribution is 2.22. The Kier molecular flexibility index (Phi) is 6.86. The van der Waals surface area contributed by atoms with Crippen molar-refractivity contribution in [3.05, 3.63) is 71.8 Å². The van der Waals surface area contributed by atoms with Gasteiger partial charge < -0.3 is 19.7 Å². The predicted octanol–water partition coefficient (Wildman–Crippen LogP) is 2.97. The summed E-state index contributed by atoms with van der Waals surface area (Å²) in [5.74, 6) is -0.0767. The minimum absolute atomic E-state index is 0.147. The fourth-order valence-corrected chi connectivity index (χ4v) is 3.08. The molecular formula is C22H25N5O4. The van der Waals surface area contributed by atoms with Crippen LogP contribution in [0.4, 0.5) is 4.79 Å². The first-order chi connectivity index (χ1) is 14.9. The van der Waals surface area contributed by atoms with Crippen LogP contribution in [0.2, 0.25) is 0 Å². The van der Waals surface area contributed by atoms with E-state index in [1.54, 1.807) is 41.2 Å². The molecule has 9 nitrogen and oxygen atoms in total. The fraction of sp³-hybridized carbons (Fsp3) is 0.273. The lowest BCUT2D eigenvalue weighted by atomic mass is 10.1. The smallest absolute Gasteiger partial charge is 0.341 e. The Hall–Kier alpha value is -3.88. The van der Waals surface area contributed by atoms with E-state index in [4.69, 9.17) is 9.47 Å². The van der Waals surface area contributed by atoms with Crippen molar-refractivity contribution < 1.29 is 19.1 Å². The van der Waals surface area contributed by atoms with Crippen LogP contribution in [-0.4, -0.2) is 52.9 Å². The molecule has 2 amide bonds. The van der Waals surface area contributed by atoms with Gasteiger partial charge in [-0.05, 0) is 42.3 Å². The Labute approximate surface area is 180 Å². The number of rotatable bonds is 7. The number of urea groups is 1. The number of benzene rings is 2. The summed E-state index contributed by atoms with van der Waals surface area (Å²) in [4.78, 5) is 30.2. The van der Waals surface area contributed by atoms with E-state index in [1.165, 1.54) is 20.5 Å². The van der Waals surface area contributed by atoms with Crippen molar-refractivity contribution in [1.82, 2.24) is 25.0 Å². The maximum Gasteiger partial charge on any atom is 0.341 e. The second-order valence-electron chi connectivity index (χ2n) is 6.90. The van der Waals surface area contributed by atoms with Gasteiger partial charge in [0.05, 0.1) is 25.9 Å². The molecule has 2 aromatic carbocycles. The first-order valence-corrected chi connectivity index (χ1v) is 9.65. The number of esters is 1. The molecule has 0 fully saturated rings. The average molecular weight is 423 g/mol. The van der Waals surface area contributed by atoms with Crippen LogP contribution in [0.15, 0.2) is 55.1 Å². The third-order valence-corrected chi connectivity index (χ3v) is 5.07. The second kappa shape index (κ2) is 9.75. The van der Waals surface area contributed by atoms with Gasteiger partial charge in [0.25, 0.3) is 0 Å². The molecule has 1 atom stereocenters. The first-order valence-electron chi connectivity index (χ1n) is 9.65. The number of carbonyl (C=O) groups is 2. The number of hydrogen-bond donors (Lipinski definition) is 1. The third kappa shape index (κ3) is 5.00. The maximum absolute atomic E-state index is 12.7. The van der Waals surface area contributed by atoms with Crippen LogP contribution in [-0.2, 0) is 11.3 Å². The average Bonchev–Trinajstić information content (AvgIpc) is 3.36. The zero-order valence-electron chi connectivity index (χ0n) is 17.9. The molecule has 0 bridgehead atoms. The summed E-state index contributed by atoms with van der Waals surface area (Å²) < 4.78 is 11.6. The monoisotopic (exact) mass is 423 g/mol. The molecule has 0 radical (unpaired) electrons. The van der Waals surface area contributed by atoms with E-state index < -0.39 is 5.97 Å². The first kappa shape index (κ1) is 21.8. The molecule has 9 heteroatoms. The summed E-state index contributed by atoms with van der Waals surface area (Å²) in [5, 5.41) is 6.98. The fourth-order valence-electron chi connectivity index (χ4n) is 3.08. The van der Waals surface area contributed by atoms with Gasteiger partial charge in [0.2, 0.25) is 0 Å². The lowest BCUT2D eigenvalue weighted by molar-refractivity contribution is 0.0597. The van der Waals surface area contributed by atoms with Gasteiger partial charge in [-0.1, -0.05) is 18.2 Å². The number of nitrogens with one attached hydrogen (secondary N) is 1. The summed E-state index contributed by atoms with van der Waals surface area (Å²) in [5.41, 5.74) is 2.94. The largest absolute Gasteiger partial charge is 0.496 e. The highest BCUT2D eigenvalue weighted by molar-refractivity contribution is 5.92. The van der Waals surface area contributed by atoms with Gasteiger partial charge in [0.1, 0.15) is 24.0 Å². The van der Waals surface area contributed by atoms with Crippen LogP contribution in [0.25, 0.3) is 5.69 Å². The molecular weight excluding hydrogens is 398 g/mol. The van der Waals surface area contributed by atoms with Crippen molar-refractivity contribution in [3.8, 4) is 11.4 Å². The Balaban J connectivity index is 1.63. The van der Waals surface area contributed by atoms with Gasteiger partial charge in [0, 0.05) is 13.6 Å². The van der Waals surface area contributed by atoms with Crippen LogP contribution in [0.3, 0.4) is 0 Å². The van der Waals surface area contributed by atoms with Crippen molar-refractivity contribution >= 4 is 12.0 Å². The summed E-state index contributed by atoms with van der Waals surface area (Å²) in [6, 6.07) is 12.5. The standard InChI is InChI=1S/C22H25N5O4/c1-15(17-6-8-18(9-7-17)27-14-23-13-25-27)26(2)22(29)24-12-16-5-10-20(30-3)19(11-16)21(28)31-4/h5-11,13-15H,12H2,1-4H3,(H,24,29). The zero-order valence-corrected chi connectivity index (χ0v) is 17.9. The van der Waals surface area contributed by atoms with Crippen LogP contribution in [0, 0.1) is 0 Å². The Bertz CT molecular complexity index is 1030. The van der Waals surface area contributed by atoms with E-state index in [2.05, 4.69) is 15.4 Å². The molecule has 0 saturated carbocycles. The molecule has 0 saturated heterocycles. The molecule has 0 spiro atoms. The highest BCUT2D eigenvalue weighted by Gasteiger charge is 2.18. The molecule has 0 aliphatic rings. The van der Waals surface area contributed by atoms with Crippen LogP contribution < -0.4 is 10.1 Å². The lowest BCUT2D eigenvalue weighted by Gasteiger charge is -2.26. The maximum atomic E-state index is 12.7. The Morgan fingerprint density at radius 1 is 1.16 bits per heavy atom. The van der Waals surface area contributed by atoms with E-state index in [0.717, 1.165) is 16.8 Å². The second-order valence-corrected chi connectivity index (χ2v) is 6.90. The predicted molar refractivity (Wildman–Crippen MR) is 114 cm³/mol. The number of aromatic nitrogens is 3. The number of methoxy groups -OCH3 is 2. The van der Waals surface area contributed by atoms with Gasteiger partial charge in [-0.15, -0.1) is 0 Å². The van der Waals surface area contributed by atoms with E-state index in [1.807, 2.05) is 31.2 Å². The van der Waals surface area contributed by atoms with Crippen molar-refractivity contribution in [2.24, 2.45) is 0 Å². The normalized spacial score (nSPS) is 11.5. The number of ether oxygens (including phenoxy) is 2. The Morgan fingerprint density at radius 2 is 1.90 bits per heavy atom. The minimum atomic E-state index is -0.495. The van der Waals surface area contributed by atoms with E-state index >= 15 is 0 Å². The highest BCUT2D eigenvalue weighted by atomic mass is 16.5. The van der Waals surface area contributed by atoms with Gasteiger partial charge in [-0.3, -0.25) is 0 Å². The number of hydrogen-bond acceptors (Lipinski definition) is 6. The molecule has 0 aliphatic heterocycles. The van der Waals surface area contributed by atoms with E-state index in [9.17, 15) is 9.59 Å². The topological polar surface area (TPSA) is 98.6 Å². The Morgan fingerprint density at radius 3 is 2.52 bits per heavy atom. The molecule has 1 N–H and O–H groups in total. The van der Waals surface area contributed by atoms with E-state index in [-0.39, 0.29) is 18.6 Å². The molecule has 1 aromatic heterocycles. The molecule has 3 rings (SSSR count). The SMILES string of the molecule is COC(=O)c1cc(CNC(=O)N(C)C(C)c2ccc(-n3cncn3)cc2)ccc1OC. The zero-order chi connectivity index (χ0) is 22.4. The number of nitrogens with zero attached hydrogens (tertiary/aromatic N) is 4. The third-order valence-electron chi connectivity index (χ3n) is 5.07. The van der Waals surface area contributed by atoms with Crippen molar-refractivity contribution in [2.45, 2.75) is 19.5 Å². The molecule has 162 valence electrons. The van der Waals surface area contributed by atoms with Gasteiger partial charge >= 0.3 is 12.0 Å². The van der Waals surface area contributed by atoms with Crippen LogP contribution >= 0.6 is 0 Å². The molecule has 1 unspecified atom stereocenters. The summed E-state index contributed by atoms with van der Waals surface area (Å²) in [6.07, 6.45) is 3.11. The summed E-state index contributed by atoms with van der Waals surface area (Å²) >= 11 is 0. The van der Waals surface area contributed by atoms with Crippen molar-refractivity contribution in [3.63, 3.8) is 0 Å². The molecule has 0 aliphatic carbocycles. The van der Waals surface area contributed by atoms with Gasteiger partial charge in [-0.25, -0.2) is 19.3 Å². The molecule has 1 heterocycles. The van der Waals surface area contributed by atoms with Gasteiger partial charge in [-0.2, -0.15) is 5.10 Å². The van der Waals surface area contributed by atoms with Crippen LogP contribution in [0.1, 0.15) is 34.5 Å².